The van der Waals surface area contributed by atoms with E-state index in [4.69, 9.17) is 9.68 Å². The van der Waals surface area contributed by atoms with Gasteiger partial charge in [-0.1, -0.05) is 109 Å². The van der Waals surface area contributed by atoms with Gasteiger partial charge in [0, 0.05) is 11.1 Å². The highest BCUT2D eigenvalue weighted by atomic mass is 16.7. The molecule has 0 radical (unpaired) electrons. The first-order valence-electron chi connectivity index (χ1n) is 14.5. The Bertz CT molecular complexity index is 1860. The van der Waals surface area contributed by atoms with Crippen molar-refractivity contribution in [1.82, 2.24) is 10.9 Å². The van der Waals surface area contributed by atoms with Crippen LogP contribution in [0.4, 0.5) is 11.4 Å². The van der Waals surface area contributed by atoms with Gasteiger partial charge in [0.15, 0.2) is 11.5 Å². The molecule has 0 saturated carbocycles. The largest absolute Gasteiger partial charge is 0.357 e. The lowest BCUT2D eigenvalue weighted by atomic mass is 9.98. The Kier molecular flexibility index (Phi) is 6.35. The molecule has 2 aliphatic rings. The van der Waals surface area contributed by atoms with Crippen molar-refractivity contribution >= 4 is 33.7 Å². The summed E-state index contributed by atoms with van der Waals surface area (Å²) in [6.07, 6.45) is 3.75. The minimum Gasteiger partial charge on any atom is -0.357 e. The molecule has 6 nitrogen and oxygen atoms in total. The summed E-state index contributed by atoms with van der Waals surface area (Å²) in [5, 5.41) is 5.57. The lowest BCUT2D eigenvalue weighted by molar-refractivity contribution is 0.239. The van der Waals surface area contributed by atoms with E-state index in [-0.39, 0.29) is 0 Å². The minimum atomic E-state index is 0.688. The molecule has 0 aliphatic carbocycles. The van der Waals surface area contributed by atoms with Gasteiger partial charge in [-0.25, -0.2) is 0 Å². The number of anilines is 2. The summed E-state index contributed by atoms with van der Waals surface area (Å²) < 4.78 is 0. The molecule has 0 saturated heterocycles. The number of nitrogens with one attached hydrogen (secondary N) is 2. The van der Waals surface area contributed by atoms with E-state index in [1.807, 2.05) is 85.2 Å². The van der Waals surface area contributed by atoms with E-state index in [2.05, 4.69) is 83.6 Å². The van der Waals surface area contributed by atoms with E-state index in [0.717, 1.165) is 44.4 Å². The Morgan fingerprint density at radius 3 is 1.16 bits per heavy atom. The average Bonchev–Trinajstić information content (AvgIpc) is 3.80. The van der Waals surface area contributed by atoms with E-state index in [1.165, 1.54) is 11.1 Å². The van der Waals surface area contributed by atoms with Crippen LogP contribution in [0, 0.1) is 0 Å². The second-order valence-electron chi connectivity index (χ2n) is 10.6. The molecular formula is C38H28N4O2. The van der Waals surface area contributed by atoms with Crippen molar-refractivity contribution < 1.29 is 9.68 Å². The topological polar surface area (TPSA) is 49.0 Å². The van der Waals surface area contributed by atoms with Gasteiger partial charge in [0.1, 0.15) is 0 Å². The number of hydrazine groups is 2. The van der Waals surface area contributed by atoms with E-state index in [0.29, 0.717) is 11.5 Å². The Balaban J connectivity index is 1.04. The summed E-state index contributed by atoms with van der Waals surface area (Å²) in [4.78, 5) is 12.7. The first-order chi connectivity index (χ1) is 21.8. The molecule has 2 aliphatic heterocycles. The summed E-state index contributed by atoms with van der Waals surface area (Å²) in [5.41, 5.74) is 14.8. The third-order valence-corrected chi connectivity index (χ3v) is 7.84. The van der Waals surface area contributed by atoms with Gasteiger partial charge in [-0.3, -0.25) is 10.9 Å². The van der Waals surface area contributed by atoms with Crippen LogP contribution in [0.15, 0.2) is 158 Å². The van der Waals surface area contributed by atoms with Crippen molar-refractivity contribution in [3.8, 4) is 22.3 Å². The predicted molar refractivity (Wildman–Crippen MR) is 177 cm³/mol. The van der Waals surface area contributed by atoms with Crippen molar-refractivity contribution in [3.05, 3.63) is 169 Å². The molecule has 2 heterocycles. The van der Waals surface area contributed by atoms with Crippen molar-refractivity contribution in [2.45, 2.75) is 0 Å². The van der Waals surface area contributed by atoms with Crippen molar-refractivity contribution in [3.63, 3.8) is 0 Å². The highest BCUT2D eigenvalue weighted by molar-refractivity contribution is 5.91. The molecule has 0 unspecified atom stereocenters. The zero-order valence-electron chi connectivity index (χ0n) is 23.7. The van der Waals surface area contributed by atoms with Gasteiger partial charge in [-0.15, -0.1) is 10.3 Å². The second kappa shape index (κ2) is 10.9. The monoisotopic (exact) mass is 572 g/mol. The molecular weight excluding hydrogens is 544 g/mol. The number of nitrogens with zero attached hydrogens (tertiary/aromatic N) is 2. The van der Waals surface area contributed by atoms with Crippen molar-refractivity contribution in [2.75, 3.05) is 10.3 Å². The van der Waals surface area contributed by atoms with Crippen LogP contribution in [0.25, 0.3) is 44.5 Å². The molecule has 6 aromatic carbocycles. The molecule has 2 N–H and O–H groups in total. The molecule has 6 heteroatoms. The number of hydrogen-bond donors (Lipinski definition) is 2. The van der Waals surface area contributed by atoms with Crippen LogP contribution < -0.4 is 21.2 Å². The average molecular weight is 573 g/mol. The standard InChI is InChI=1S/C38H28N4O2/c1-3-9-27(10-4-1)29-15-19-33(20-16-29)41-39-25-37(43-41)35-23-31-13-7-8-14-32(31)24-36(35)38-26-40-42(44-38)34-21-17-30(18-22-34)28-11-5-2-6-12-28/h1-26,39-40H. The molecule has 0 atom stereocenters. The zero-order chi connectivity index (χ0) is 29.3. The second-order valence-corrected chi connectivity index (χ2v) is 10.6. The molecule has 8 rings (SSSR count). The summed E-state index contributed by atoms with van der Waals surface area (Å²) in [6.45, 7) is 0. The smallest absolute Gasteiger partial charge is 0.183 e. The van der Waals surface area contributed by atoms with Crippen LogP contribution in [0.1, 0.15) is 11.1 Å². The van der Waals surface area contributed by atoms with E-state index >= 15 is 0 Å². The zero-order valence-corrected chi connectivity index (χ0v) is 23.7. The molecule has 0 aromatic heterocycles. The van der Waals surface area contributed by atoms with E-state index in [1.54, 1.807) is 10.3 Å². The summed E-state index contributed by atoms with van der Waals surface area (Å²) in [6, 6.07) is 49.8. The normalized spacial score (nSPS) is 13.9. The third-order valence-electron chi connectivity index (χ3n) is 7.84. The maximum atomic E-state index is 6.36. The molecule has 0 spiro atoms. The SMILES string of the molecule is C1=C(c2cc3ccccc3cc2C2=CNN(c3ccc(-c4ccccc4)cc3)O2)ON(c2ccc(-c3ccccc3)cc2)N1. The van der Waals surface area contributed by atoms with E-state index in [9.17, 15) is 0 Å². The quantitative estimate of drug-likeness (QED) is 0.208. The van der Waals surface area contributed by atoms with Gasteiger partial charge < -0.3 is 9.68 Å². The van der Waals surface area contributed by atoms with Crippen LogP contribution >= 0.6 is 0 Å². The molecule has 44 heavy (non-hydrogen) atoms. The summed E-state index contributed by atoms with van der Waals surface area (Å²) >= 11 is 0. The van der Waals surface area contributed by atoms with Gasteiger partial charge in [0.05, 0.1) is 23.8 Å². The van der Waals surface area contributed by atoms with Gasteiger partial charge in [0.2, 0.25) is 0 Å². The number of benzene rings is 6. The Morgan fingerprint density at radius 1 is 0.386 bits per heavy atom. The minimum absolute atomic E-state index is 0.688. The van der Waals surface area contributed by atoms with Crippen LogP contribution in [0.5, 0.6) is 0 Å². The highest BCUT2D eigenvalue weighted by Crippen LogP contribution is 2.36. The number of rotatable bonds is 6. The number of hydrogen-bond acceptors (Lipinski definition) is 6. The van der Waals surface area contributed by atoms with Crippen LogP contribution in [-0.4, -0.2) is 0 Å². The van der Waals surface area contributed by atoms with Gasteiger partial charge in [0.25, 0.3) is 0 Å². The van der Waals surface area contributed by atoms with Crippen molar-refractivity contribution in [2.24, 2.45) is 0 Å². The molecule has 6 aromatic rings. The highest BCUT2D eigenvalue weighted by Gasteiger charge is 2.26. The van der Waals surface area contributed by atoms with Crippen molar-refractivity contribution in [1.29, 1.82) is 0 Å². The van der Waals surface area contributed by atoms with E-state index < -0.39 is 0 Å². The maximum Gasteiger partial charge on any atom is 0.183 e. The fourth-order valence-electron chi connectivity index (χ4n) is 5.53. The third kappa shape index (κ3) is 4.84. The molecule has 0 fully saturated rings. The number of fused-ring (bicyclic) bond motifs is 1. The maximum absolute atomic E-state index is 6.36. The Morgan fingerprint density at radius 2 is 0.750 bits per heavy atom. The lowest BCUT2D eigenvalue weighted by Gasteiger charge is -2.20. The Hall–Kier alpha value is -6.14. The fraction of sp³-hybridized carbons (Fsp3) is 0. The Labute approximate surface area is 255 Å². The molecule has 0 bridgehead atoms. The fourth-order valence-corrected chi connectivity index (χ4v) is 5.53. The van der Waals surface area contributed by atoms with Crippen LogP contribution in [0.2, 0.25) is 0 Å². The molecule has 212 valence electrons. The first kappa shape index (κ1) is 25.6. The van der Waals surface area contributed by atoms with Gasteiger partial charge in [-0.2, -0.15) is 0 Å². The predicted octanol–water partition coefficient (Wildman–Crippen LogP) is 8.68. The van der Waals surface area contributed by atoms with Crippen LogP contribution in [0.3, 0.4) is 0 Å². The summed E-state index contributed by atoms with van der Waals surface area (Å²) in [5.74, 6) is 1.38. The van der Waals surface area contributed by atoms with Gasteiger partial charge in [-0.05, 0) is 69.4 Å². The van der Waals surface area contributed by atoms with Crippen LogP contribution in [-0.2, 0) is 9.68 Å². The lowest BCUT2D eigenvalue weighted by Crippen LogP contribution is -2.28. The molecule has 0 amide bonds. The van der Waals surface area contributed by atoms with Gasteiger partial charge >= 0.3 is 0 Å². The first-order valence-corrected chi connectivity index (χ1v) is 14.5. The summed E-state index contributed by atoms with van der Waals surface area (Å²) in [7, 11) is 0.